The lowest BCUT2D eigenvalue weighted by molar-refractivity contribution is -0.142. The summed E-state index contributed by atoms with van der Waals surface area (Å²) in [7, 11) is 3.33. The summed E-state index contributed by atoms with van der Waals surface area (Å²) in [5, 5.41) is 6.54. The molecule has 0 radical (unpaired) electrons. The Morgan fingerprint density at radius 2 is 1.82 bits per heavy atom. The molecule has 0 aliphatic carbocycles. The zero-order valence-electron chi connectivity index (χ0n) is 16.5. The van der Waals surface area contributed by atoms with Crippen LogP contribution in [0.15, 0.2) is 30.3 Å². The molecule has 2 rings (SSSR count). The molecule has 9 heteroatoms. The minimum absolute atomic E-state index is 0.0268. The molecule has 28 heavy (non-hydrogen) atoms. The monoisotopic (exact) mass is 397 g/mol. The van der Waals surface area contributed by atoms with Gasteiger partial charge in [-0.1, -0.05) is 25.1 Å². The third-order valence-electron chi connectivity index (χ3n) is 4.11. The van der Waals surface area contributed by atoms with E-state index in [9.17, 15) is 18.0 Å². The van der Waals surface area contributed by atoms with Gasteiger partial charge in [-0.15, -0.1) is 0 Å². The van der Waals surface area contributed by atoms with E-state index in [-0.39, 0.29) is 12.1 Å². The highest BCUT2D eigenvalue weighted by atomic mass is 19.4. The highest BCUT2D eigenvalue weighted by Gasteiger charge is 2.40. The zero-order valence-corrected chi connectivity index (χ0v) is 16.5. The Morgan fingerprint density at radius 1 is 1.18 bits per heavy atom. The first-order valence-corrected chi connectivity index (χ1v) is 9.15. The molecule has 0 spiro atoms. The van der Waals surface area contributed by atoms with E-state index in [0.29, 0.717) is 31.0 Å². The van der Waals surface area contributed by atoms with Crippen LogP contribution in [0.1, 0.15) is 31.5 Å². The van der Waals surface area contributed by atoms with Gasteiger partial charge in [0.25, 0.3) is 0 Å². The molecular weight excluding hydrogens is 371 g/mol. The van der Waals surface area contributed by atoms with Gasteiger partial charge in [-0.3, -0.25) is 0 Å². The third-order valence-corrected chi connectivity index (χ3v) is 4.11. The Labute approximate surface area is 162 Å². The minimum atomic E-state index is -4.64. The summed E-state index contributed by atoms with van der Waals surface area (Å²) in [6.07, 6.45) is -4.01. The molecule has 0 atom stereocenters. The molecule has 0 bridgehead atoms. The molecule has 0 fully saturated rings. The first kappa shape index (κ1) is 21.6. The van der Waals surface area contributed by atoms with Crippen molar-refractivity contribution in [2.24, 2.45) is 0 Å². The molecule has 2 aromatic rings. The summed E-state index contributed by atoms with van der Waals surface area (Å²) in [5.74, 6) is 0.295. The maximum Gasteiger partial charge on any atom is 0.435 e. The summed E-state index contributed by atoms with van der Waals surface area (Å²) in [6.45, 7) is 4.19. The summed E-state index contributed by atoms with van der Waals surface area (Å²) < 4.78 is 42.7. The van der Waals surface area contributed by atoms with Gasteiger partial charge >= 0.3 is 12.2 Å². The largest absolute Gasteiger partial charge is 0.435 e. The number of alkyl halides is 3. The number of aromatic nitrogens is 2. The fourth-order valence-corrected chi connectivity index (χ4v) is 3.00. The standard InChI is InChI=1S/C19H26F3N5O/c1-5-12-26(18(28)23-6-2)13-15-16(19(20,21)22)24-27(17(15)25(3)4)14-10-8-7-9-11-14/h7-11H,5-6,12-13H2,1-4H3,(H,23,28). The smallest absolute Gasteiger partial charge is 0.362 e. The van der Waals surface area contributed by atoms with Gasteiger partial charge < -0.3 is 15.1 Å². The first-order valence-electron chi connectivity index (χ1n) is 9.15. The molecule has 0 aliphatic rings. The number of nitrogens with zero attached hydrogens (tertiary/aromatic N) is 4. The van der Waals surface area contributed by atoms with Crippen molar-refractivity contribution < 1.29 is 18.0 Å². The SMILES string of the molecule is CCCN(Cc1c(C(F)(F)F)nn(-c2ccccc2)c1N(C)C)C(=O)NCC. The van der Waals surface area contributed by atoms with E-state index in [1.165, 1.54) is 9.58 Å². The first-order chi connectivity index (χ1) is 13.2. The van der Waals surface area contributed by atoms with Crippen LogP contribution in [0.25, 0.3) is 5.69 Å². The Hall–Kier alpha value is -2.71. The van der Waals surface area contributed by atoms with Crippen molar-refractivity contribution in [3.05, 3.63) is 41.6 Å². The van der Waals surface area contributed by atoms with Gasteiger partial charge in [0, 0.05) is 32.7 Å². The van der Waals surface area contributed by atoms with E-state index in [2.05, 4.69) is 10.4 Å². The normalized spacial score (nSPS) is 11.4. The molecule has 0 saturated carbocycles. The summed E-state index contributed by atoms with van der Waals surface area (Å²) >= 11 is 0. The molecule has 0 unspecified atom stereocenters. The van der Waals surface area contributed by atoms with Crippen molar-refractivity contribution in [1.29, 1.82) is 0 Å². The maximum absolute atomic E-state index is 13.8. The Bertz CT molecular complexity index is 787. The predicted molar refractivity (Wildman–Crippen MR) is 103 cm³/mol. The number of carbonyl (C=O) groups is 1. The van der Waals surface area contributed by atoms with Crippen LogP contribution in [0.3, 0.4) is 0 Å². The third kappa shape index (κ3) is 4.76. The number of carbonyl (C=O) groups excluding carboxylic acids is 1. The number of amides is 2. The lowest BCUT2D eigenvalue weighted by Gasteiger charge is -2.25. The lowest BCUT2D eigenvalue weighted by atomic mass is 10.2. The topological polar surface area (TPSA) is 53.4 Å². The number of urea groups is 1. The summed E-state index contributed by atoms with van der Waals surface area (Å²) in [4.78, 5) is 15.3. The second-order valence-electron chi connectivity index (χ2n) is 6.55. The van der Waals surface area contributed by atoms with Crippen LogP contribution in [-0.2, 0) is 12.7 Å². The van der Waals surface area contributed by atoms with Crippen molar-refractivity contribution in [2.45, 2.75) is 33.0 Å². The van der Waals surface area contributed by atoms with Crippen molar-refractivity contribution in [1.82, 2.24) is 20.0 Å². The molecule has 1 heterocycles. The quantitative estimate of drug-likeness (QED) is 0.771. The minimum Gasteiger partial charge on any atom is -0.362 e. The molecule has 154 valence electrons. The van der Waals surface area contributed by atoms with E-state index < -0.39 is 17.9 Å². The number of para-hydroxylation sites is 1. The number of anilines is 1. The maximum atomic E-state index is 13.8. The highest BCUT2D eigenvalue weighted by Crippen LogP contribution is 2.37. The molecular formula is C19H26F3N5O. The molecule has 1 aromatic heterocycles. The lowest BCUT2D eigenvalue weighted by Crippen LogP contribution is -2.40. The number of hydrogen-bond acceptors (Lipinski definition) is 3. The number of rotatable bonds is 7. The average molecular weight is 397 g/mol. The predicted octanol–water partition coefficient (Wildman–Crippen LogP) is 3.90. The number of hydrogen-bond donors (Lipinski definition) is 1. The molecule has 1 N–H and O–H groups in total. The van der Waals surface area contributed by atoms with Gasteiger partial charge in [0.15, 0.2) is 5.69 Å². The van der Waals surface area contributed by atoms with E-state index in [4.69, 9.17) is 0 Å². The molecule has 2 amide bonds. The van der Waals surface area contributed by atoms with E-state index in [0.717, 1.165) is 0 Å². The van der Waals surface area contributed by atoms with Crippen LogP contribution in [-0.4, -0.2) is 47.9 Å². The van der Waals surface area contributed by atoms with Crippen LogP contribution < -0.4 is 10.2 Å². The van der Waals surface area contributed by atoms with Crippen LogP contribution in [0, 0.1) is 0 Å². The van der Waals surface area contributed by atoms with Gasteiger partial charge in [-0.25, -0.2) is 9.48 Å². The summed E-state index contributed by atoms with van der Waals surface area (Å²) in [5.41, 5.74) is -0.491. The Kier molecular flexibility index (Phi) is 6.93. The molecule has 1 aromatic carbocycles. The van der Waals surface area contributed by atoms with Gasteiger partial charge in [0.2, 0.25) is 0 Å². The number of halogens is 3. The van der Waals surface area contributed by atoms with Crippen LogP contribution in [0.4, 0.5) is 23.8 Å². The zero-order chi connectivity index (χ0) is 20.9. The van der Waals surface area contributed by atoms with Crippen molar-refractivity contribution in [2.75, 3.05) is 32.1 Å². The molecule has 0 aliphatic heterocycles. The van der Waals surface area contributed by atoms with Gasteiger partial charge in [-0.05, 0) is 25.5 Å². The molecule has 0 saturated heterocycles. The van der Waals surface area contributed by atoms with Gasteiger partial charge in [0.1, 0.15) is 5.82 Å². The Morgan fingerprint density at radius 3 is 2.32 bits per heavy atom. The van der Waals surface area contributed by atoms with Crippen LogP contribution in [0.2, 0.25) is 0 Å². The van der Waals surface area contributed by atoms with Crippen molar-refractivity contribution in [3.8, 4) is 5.69 Å². The van der Waals surface area contributed by atoms with Gasteiger partial charge in [-0.2, -0.15) is 18.3 Å². The second kappa shape index (κ2) is 8.99. The fraction of sp³-hybridized carbons (Fsp3) is 0.474. The van der Waals surface area contributed by atoms with Crippen molar-refractivity contribution in [3.63, 3.8) is 0 Å². The molecule has 6 nitrogen and oxygen atoms in total. The second-order valence-corrected chi connectivity index (χ2v) is 6.55. The van der Waals surface area contributed by atoms with Crippen LogP contribution in [0.5, 0.6) is 0 Å². The fourth-order valence-electron chi connectivity index (χ4n) is 3.00. The average Bonchev–Trinajstić information content (AvgIpc) is 3.02. The van der Waals surface area contributed by atoms with E-state index >= 15 is 0 Å². The number of nitrogens with one attached hydrogen (secondary N) is 1. The van der Waals surface area contributed by atoms with E-state index in [1.807, 2.05) is 6.92 Å². The Balaban J connectivity index is 2.63. The van der Waals surface area contributed by atoms with Gasteiger partial charge in [0.05, 0.1) is 12.2 Å². The van der Waals surface area contributed by atoms with Crippen LogP contribution >= 0.6 is 0 Å². The number of benzene rings is 1. The van der Waals surface area contributed by atoms with Crippen molar-refractivity contribution >= 4 is 11.8 Å². The summed E-state index contributed by atoms with van der Waals surface area (Å²) in [6, 6.07) is 8.25. The highest BCUT2D eigenvalue weighted by molar-refractivity contribution is 5.74. The van der Waals surface area contributed by atoms with E-state index in [1.54, 1.807) is 56.3 Å².